The molecule has 0 atom stereocenters. The molecule has 31 heavy (non-hydrogen) atoms. The van der Waals surface area contributed by atoms with E-state index < -0.39 is 0 Å². The summed E-state index contributed by atoms with van der Waals surface area (Å²) in [5.74, 6) is -0.293. The van der Waals surface area contributed by atoms with Crippen molar-refractivity contribution >= 4 is 34.7 Å². The molecule has 0 saturated carbocycles. The van der Waals surface area contributed by atoms with Gasteiger partial charge in [-0.25, -0.2) is 4.90 Å². The Hall–Kier alpha value is -3.65. The summed E-state index contributed by atoms with van der Waals surface area (Å²) in [5, 5.41) is 2.71. The van der Waals surface area contributed by atoms with Gasteiger partial charge in [0.25, 0.3) is 11.8 Å². The van der Waals surface area contributed by atoms with Gasteiger partial charge in [-0.15, -0.1) is 0 Å². The predicted molar refractivity (Wildman–Crippen MR) is 116 cm³/mol. The summed E-state index contributed by atoms with van der Waals surface area (Å²) in [6.07, 6.45) is 0. The molecule has 2 aromatic carbocycles. The Kier molecular flexibility index (Phi) is 5.73. The number of carbonyl (C=O) groups excluding carboxylic acids is 3. The van der Waals surface area contributed by atoms with Crippen LogP contribution in [0.4, 0.5) is 11.4 Å². The van der Waals surface area contributed by atoms with Gasteiger partial charge in [0, 0.05) is 25.7 Å². The maximum Gasteiger partial charge on any atom is 0.282 e. The van der Waals surface area contributed by atoms with Crippen molar-refractivity contribution in [2.24, 2.45) is 0 Å². The highest BCUT2D eigenvalue weighted by atomic mass is 16.5. The average Bonchev–Trinajstić information content (AvgIpc) is 3.04. The van der Waals surface area contributed by atoms with E-state index in [-0.39, 0.29) is 17.7 Å². The maximum absolute atomic E-state index is 13.5. The quantitative estimate of drug-likeness (QED) is 0.746. The Morgan fingerprint density at radius 2 is 1.61 bits per heavy atom. The lowest BCUT2D eigenvalue weighted by Gasteiger charge is -2.29. The molecule has 2 aliphatic rings. The van der Waals surface area contributed by atoms with Crippen LogP contribution >= 0.6 is 0 Å². The molecule has 2 heterocycles. The molecule has 0 unspecified atom stereocenters. The lowest BCUT2D eigenvalue weighted by molar-refractivity contribution is -0.121. The minimum absolute atomic E-state index is 0.182. The summed E-state index contributed by atoms with van der Waals surface area (Å²) < 4.78 is 10.6. The van der Waals surface area contributed by atoms with Crippen LogP contribution in [0, 0.1) is 0 Å². The Morgan fingerprint density at radius 1 is 0.968 bits per heavy atom. The summed E-state index contributed by atoms with van der Waals surface area (Å²) in [6.45, 7) is 3.46. The number of carbonyl (C=O) groups is 3. The number of imide groups is 1. The minimum Gasteiger partial charge on any atom is -0.497 e. The highest BCUT2D eigenvalue weighted by molar-refractivity contribution is 6.45. The largest absolute Gasteiger partial charge is 0.497 e. The van der Waals surface area contributed by atoms with Crippen LogP contribution in [0.15, 0.2) is 54.2 Å². The van der Waals surface area contributed by atoms with Crippen LogP contribution in [0.5, 0.6) is 5.75 Å². The second kappa shape index (κ2) is 8.61. The van der Waals surface area contributed by atoms with Crippen molar-refractivity contribution in [2.45, 2.75) is 6.92 Å². The molecule has 1 saturated heterocycles. The number of amides is 3. The van der Waals surface area contributed by atoms with Gasteiger partial charge < -0.3 is 19.7 Å². The third kappa shape index (κ3) is 4.02. The van der Waals surface area contributed by atoms with Crippen molar-refractivity contribution < 1.29 is 23.9 Å². The standard InChI is InChI=1S/C23H23N3O5/c1-15(27)24-17-5-3-16(4-6-17)20-21(25-11-13-31-14-12-25)23(29)26(22(20)28)18-7-9-19(30-2)10-8-18/h3-10H,11-14H2,1-2H3,(H,24,27). The summed E-state index contributed by atoms with van der Waals surface area (Å²) in [7, 11) is 1.56. The van der Waals surface area contributed by atoms with Gasteiger partial charge >= 0.3 is 0 Å². The molecular weight excluding hydrogens is 398 g/mol. The van der Waals surface area contributed by atoms with Crippen LogP contribution < -0.4 is 15.0 Å². The molecule has 160 valence electrons. The smallest absolute Gasteiger partial charge is 0.282 e. The molecule has 0 spiro atoms. The number of methoxy groups -OCH3 is 1. The van der Waals surface area contributed by atoms with Gasteiger partial charge in [0.2, 0.25) is 5.91 Å². The molecule has 3 amide bonds. The normalized spacial score (nSPS) is 16.7. The van der Waals surface area contributed by atoms with Gasteiger partial charge in [0.05, 0.1) is 31.6 Å². The van der Waals surface area contributed by atoms with Crippen molar-refractivity contribution in [2.75, 3.05) is 43.6 Å². The molecule has 0 aliphatic carbocycles. The molecule has 0 aromatic heterocycles. The summed E-state index contributed by atoms with van der Waals surface area (Å²) in [5.41, 5.74) is 2.43. The number of benzene rings is 2. The van der Waals surface area contributed by atoms with E-state index in [0.717, 1.165) is 0 Å². The van der Waals surface area contributed by atoms with Crippen LogP contribution in [0.25, 0.3) is 5.57 Å². The third-order valence-corrected chi connectivity index (χ3v) is 5.21. The lowest BCUT2D eigenvalue weighted by Crippen LogP contribution is -2.40. The third-order valence-electron chi connectivity index (χ3n) is 5.21. The van der Waals surface area contributed by atoms with Gasteiger partial charge in [-0.05, 0) is 42.0 Å². The molecular formula is C23H23N3O5. The molecule has 2 aromatic rings. The van der Waals surface area contributed by atoms with Gasteiger partial charge in [0.1, 0.15) is 11.4 Å². The number of morpholine rings is 1. The number of rotatable bonds is 5. The Labute approximate surface area is 180 Å². The number of anilines is 2. The molecule has 0 radical (unpaired) electrons. The Balaban J connectivity index is 1.75. The second-order valence-corrected chi connectivity index (χ2v) is 7.23. The molecule has 8 heteroatoms. The van der Waals surface area contributed by atoms with E-state index in [1.807, 2.05) is 4.90 Å². The van der Waals surface area contributed by atoms with E-state index in [9.17, 15) is 14.4 Å². The highest BCUT2D eigenvalue weighted by Crippen LogP contribution is 2.36. The molecule has 4 rings (SSSR count). The van der Waals surface area contributed by atoms with Crippen molar-refractivity contribution in [3.63, 3.8) is 0 Å². The van der Waals surface area contributed by atoms with Crippen molar-refractivity contribution in [1.82, 2.24) is 4.90 Å². The van der Waals surface area contributed by atoms with E-state index in [4.69, 9.17) is 9.47 Å². The topological polar surface area (TPSA) is 88.2 Å². The maximum atomic E-state index is 13.5. The average molecular weight is 421 g/mol. The van der Waals surface area contributed by atoms with Crippen molar-refractivity contribution in [3.05, 3.63) is 59.8 Å². The minimum atomic E-state index is -0.385. The van der Waals surface area contributed by atoms with Crippen LogP contribution in [0.1, 0.15) is 12.5 Å². The number of hydrogen-bond acceptors (Lipinski definition) is 6. The van der Waals surface area contributed by atoms with Crippen molar-refractivity contribution in [3.8, 4) is 5.75 Å². The van der Waals surface area contributed by atoms with E-state index in [1.54, 1.807) is 55.6 Å². The predicted octanol–water partition coefficient (Wildman–Crippen LogP) is 2.27. The van der Waals surface area contributed by atoms with Gasteiger partial charge in [-0.1, -0.05) is 12.1 Å². The zero-order valence-electron chi connectivity index (χ0n) is 17.4. The summed E-state index contributed by atoms with van der Waals surface area (Å²) >= 11 is 0. The number of nitrogens with zero attached hydrogens (tertiary/aromatic N) is 2. The van der Waals surface area contributed by atoms with Gasteiger partial charge in [0.15, 0.2) is 0 Å². The zero-order chi connectivity index (χ0) is 22.0. The first-order valence-electron chi connectivity index (χ1n) is 9.97. The fourth-order valence-electron chi connectivity index (χ4n) is 3.75. The van der Waals surface area contributed by atoms with E-state index in [0.29, 0.717) is 60.3 Å². The number of hydrogen-bond donors (Lipinski definition) is 1. The first-order chi connectivity index (χ1) is 15.0. The fraction of sp³-hybridized carbons (Fsp3) is 0.261. The van der Waals surface area contributed by atoms with E-state index in [2.05, 4.69) is 5.32 Å². The first-order valence-corrected chi connectivity index (χ1v) is 9.97. The Bertz CT molecular complexity index is 1040. The second-order valence-electron chi connectivity index (χ2n) is 7.23. The molecule has 1 fully saturated rings. The van der Waals surface area contributed by atoms with Gasteiger partial charge in [-0.3, -0.25) is 14.4 Å². The summed E-state index contributed by atoms with van der Waals surface area (Å²) in [6, 6.07) is 13.7. The Morgan fingerprint density at radius 3 is 2.19 bits per heavy atom. The zero-order valence-corrected chi connectivity index (χ0v) is 17.4. The fourth-order valence-corrected chi connectivity index (χ4v) is 3.75. The van der Waals surface area contributed by atoms with E-state index >= 15 is 0 Å². The molecule has 8 nitrogen and oxygen atoms in total. The first kappa shape index (κ1) is 20.6. The highest BCUT2D eigenvalue weighted by Gasteiger charge is 2.42. The molecule has 0 bridgehead atoms. The monoisotopic (exact) mass is 421 g/mol. The van der Waals surface area contributed by atoms with Crippen LogP contribution in [0.3, 0.4) is 0 Å². The number of nitrogens with one attached hydrogen (secondary N) is 1. The molecule has 1 N–H and O–H groups in total. The van der Waals surface area contributed by atoms with Crippen LogP contribution in [0.2, 0.25) is 0 Å². The van der Waals surface area contributed by atoms with Crippen LogP contribution in [-0.2, 0) is 19.1 Å². The van der Waals surface area contributed by atoms with Gasteiger partial charge in [-0.2, -0.15) is 0 Å². The lowest BCUT2D eigenvalue weighted by atomic mass is 10.0. The SMILES string of the molecule is COc1ccc(N2C(=O)C(c3ccc(NC(C)=O)cc3)=C(N3CCOCC3)C2=O)cc1. The van der Waals surface area contributed by atoms with Crippen LogP contribution in [-0.4, -0.2) is 56.0 Å². The number of ether oxygens (including phenoxy) is 2. The van der Waals surface area contributed by atoms with E-state index in [1.165, 1.54) is 11.8 Å². The summed E-state index contributed by atoms with van der Waals surface area (Å²) in [4.78, 5) is 41.3. The molecule has 2 aliphatic heterocycles. The van der Waals surface area contributed by atoms with Crippen molar-refractivity contribution in [1.29, 1.82) is 0 Å².